The lowest BCUT2D eigenvalue weighted by Crippen LogP contribution is -2.46. The van der Waals surface area contributed by atoms with E-state index in [1.54, 1.807) is 17.0 Å². The van der Waals surface area contributed by atoms with Crippen molar-refractivity contribution in [3.05, 3.63) is 81.2 Å². The van der Waals surface area contributed by atoms with Crippen LogP contribution in [-0.4, -0.2) is 50.9 Å². The number of hydrogen-bond donors (Lipinski definition) is 3. The number of amides is 3. The Kier molecular flexibility index (Phi) is 7.85. The number of likely N-dealkylation sites (tertiary alicyclic amines) is 1. The Labute approximate surface area is 254 Å². The lowest BCUT2D eigenvalue weighted by molar-refractivity contribution is -0.126. The molecule has 2 aromatic carbocycles. The van der Waals surface area contributed by atoms with E-state index in [1.807, 2.05) is 58.0 Å². The summed E-state index contributed by atoms with van der Waals surface area (Å²) < 4.78 is 13.4. The zero-order valence-corrected chi connectivity index (χ0v) is 26.0. The van der Waals surface area contributed by atoms with Gasteiger partial charge in [0.25, 0.3) is 11.8 Å². The second-order valence-corrected chi connectivity index (χ2v) is 13.6. The fourth-order valence-electron chi connectivity index (χ4n) is 6.21. The lowest BCUT2D eigenvalue weighted by atomic mass is 9.96. The number of carbonyl (C=O) groups is 3. The fraction of sp³-hybridized carbons (Fsp3) is 0.382. The van der Waals surface area contributed by atoms with Crippen LogP contribution in [0, 0.1) is 33.6 Å². The highest BCUT2D eigenvalue weighted by Gasteiger charge is 2.34. The summed E-state index contributed by atoms with van der Waals surface area (Å²) in [6.07, 6.45) is 5.43. The first kappa shape index (κ1) is 29.1. The number of aryl methyl sites for hydroxylation is 3. The van der Waals surface area contributed by atoms with Crippen molar-refractivity contribution >= 4 is 45.9 Å². The molecule has 3 aliphatic rings. The second-order valence-electron chi connectivity index (χ2n) is 12.1. The topological polar surface area (TPSA) is 111 Å². The molecule has 3 N–H and O–H groups in total. The van der Waals surface area contributed by atoms with Crippen LogP contribution in [-0.2, 0) is 26.1 Å². The number of benzene rings is 2. The van der Waals surface area contributed by atoms with Gasteiger partial charge in [0.15, 0.2) is 0 Å². The number of carbonyl (C=O) groups excluding carboxylic acids is 3. The molecule has 2 atom stereocenters. The highest BCUT2D eigenvalue weighted by Crippen LogP contribution is 2.36. The maximum atomic E-state index is 13.7. The quantitative estimate of drug-likeness (QED) is 0.326. The molecule has 0 radical (unpaired) electrons. The molecular formula is C34H38N4O4S. The van der Waals surface area contributed by atoms with Gasteiger partial charge in [-0.15, -0.1) is 0 Å². The molecule has 1 aliphatic carbocycles. The Bertz CT molecular complexity index is 1680. The number of nitrogens with zero attached hydrogens (tertiary/aromatic N) is 1. The number of nitrogens with one attached hydrogen (secondary N) is 3. The van der Waals surface area contributed by atoms with Crippen molar-refractivity contribution in [1.82, 2.24) is 15.2 Å². The van der Waals surface area contributed by atoms with E-state index >= 15 is 0 Å². The minimum absolute atomic E-state index is 0.0492. The third kappa shape index (κ3) is 5.83. The zero-order valence-electron chi connectivity index (χ0n) is 25.1. The molecule has 3 aromatic rings. The van der Waals surface area contributed by atoms with Crippen molar-refractivity contribution < 1.29 is 18.6 Å². The molecule has 43 heavy (non-hydrogen) atoms. The maximum absolute atomic E-state index is 13.7. The number of piperidine rings is 1. The molecule has 2 aliphatic heterocycles. The number of hydrogen-bond acceptors (Lipinski definition) is 4. The van der Waals surface area contributed by atoms with Crippen LogP contribution >= 0.6 is 0 Å². The Morgan fingerprint density at radius 1 is 1.07 bits per heavy atom. The van der Waals surface area contributed by atoms with E-state index in [0.29, 0.717) is 57.9 Å². The first-order chi connectivity index (χ1) is 20.6. The summed E-state index contributed by atoms with van der Waals surface area (Å²) in [6.45, 7) is 8.83. The fourth-order valence-corrected chi connectivity index (χ4v) is 7.56. The van der Waals surface area contributed by atoms with E-state index in [4.69, 9.17) is 0 Å². The Morgan fingerprint density at radius 3 is 2.53 bits per heavy atom. The third-order valence-electron chi connectivity index (χ3n) is 8.94. The molecule has 6 rings (SSSR count). The molecule has 1 aromatic heterocycles. The van der Waals surface area contributed by atoms with Gasteiger partial charge >= 0.3 is 0 Å². The van der Waals surface area contributed by atoms with Gasteiger partial charge < -0.3 is 20.5 Å². The van der Waals surface area contributed by atoms with Gasteiger partial charge in [-0.25, -0.2) is 0 Å². The van der Waals surface area contributed by atoms with Crippen LogP contribution in [0.4, 0.5) is 5.69 Å². The van der Waals surface area contributed by atoms with Crippen LogP contribution < -0.4 is 10.6 Å². The molecule has 0 bridgehead atoms. The molecule has 8 nitrogen and oxygen atoms in total. The average Bonchev–Trinajstić information content (AvgIpc) is 3.69. The van der Waals surface area contributed by atoms with Crippen LogP contribution in [0.15, 0.2) is 41.3 Å². The van der Waals surface area contributed by atoms with Crippen LogP contribution in [0.1, 0.15) is 75.2 Å². The van der Waals surface area contributed by atoms with Gasteiger partial charge in [0.05, 0.1) is 33.6 Å². The molecule has 0 spiro atoms. The van der Waals surface area contributed by atoms with Gasteiger partial charge in [0.2, 0.25) is 5.91 Å². The molecule has 224 valence electrons. The molecule has 1 saturated carbocycles. The average molecular weight is 599 g/mol. The van der Waals surface area contributed by atoms with E-state index in [2.05, 4.69) is 15.6 Å². The summed E-state index contributed by atoms with van der Waals surface area (Å²) >= 11 is 0. The van der Waals surface area contributed by atoms with Gasteiger partial charge in [-0.05, 0) is 99.9 Å². The van der Waals surface area contributed by atoms with E-state index in [0.717, 1.165) is 53.6 Å². The Hall–Kier alpha value is -3.98. The van der Waals surface area contributed by atoms with E-state index in [1.165, 1.54) is 0 Å². The Morgan fingerprint density at radius 2 is 1.81 bits per heavy atom. The molecular weight excluding hydrogens is 560 g/mol. The number of anilines is 1. The summed E-state index contributed by atoms with van der Waals surface area (Å²) in [7, 11) is -1.29. The zero-order chi connectivity index (χ0) is 30.4. The monoisotopic (exact) mass is 598 g/mol. The van der Waals surface area contributed by atoms with Crippen LogP contribution in [0.3, 0.4) is 0 Å². The SMILES string of the molecule is Cc1cccc(C)c1CS(=O)c1ccc2c(c1)/C(=C/c1[nH]c(C)c(C(=O)N3CCC[C@@H](C(=O)NC4CC4)C3)c1C)C(=O)N2. The van der Waals surface area contributed by atoms with Gasteiger partial charge in [-0.2, -0.15) is 0 Å². The van der Waals surface area contributed by atoms with Gasteiger partial charge in [0.1, 0.15) is 0 Å². The highest BCUT2D eigenvalue weighted by atomic mass is 32.2. The second kappa shape index (κ2) is 11.6. The van der Waals surface area contributed by atoms with Crippen LogP contribution in [0.5, 0.6) is 0 Å². The number of aromatic nitrogens is 1. The largest absolute Gasteiger partial charge is 0.358 e. The van der Waals surface area contributed by atoms with Crippen molar-refractivity contribution in [2.45, 2.75) is 70.1 Å². The normalized spacial score (nSPS) is 19.7. The predicted octanol–water partition coefficient (Wildman–Crippen LogP) is 5.18. The summed E-state index contributed by atoms with van der Waals surface area (Å²) in [5.74, 6) is -0.0774. The lowest BCUT2D eigenvalue weighted by Gasteiger charge is -2.32. The molecule has 3 amide bonds. The predicted molar refractivity (Wildman–Crippen MR) is 169 cm³/mol. The van der Waals surface area contributed by atoms with Gasteiger partial charge in [-0.3, -0.25) is 18.6 Å². The van der Waals surface area contributed by atoms with E-state index in [-0.39, 0.29) is 23.6 Å². The smallest absolute Gasteiger partial charge is 0.256 e. The minimum atomic E-state index is -1.29. The number of rotatable bonds is 7. The number of aromatic amines is 1. The first-order valence-electron chi connectivity index (χ1n) is 15.0. The molecule has 1 saturated heterocycles. The Balaban J connectivity index is 1.24. The van der Waals surface area contributed by atoms with Crippen molar-refractivity contribution in [3.63, 3.8) is 0 Å². The number of H-pyrrole nitrogens is 1. The van der Waals surface area contributed by atoms with Crippen LogP contribution in [0.2, 0.25) is 0 Å². The molecule has 1 unspecified atom stereocenters. The summed E-state index contributed by atoms with van der Waals surface area (Å²) in [5, 5.41) is 6.00. The van der Waals surface area contributed by atoms with Crippen molar-refractivity contribution in [2.75, 3.05) is 18.4 Å². The van der Waals surface area contributed by atoms with Crippen molar-refractivity contribution in [2.24, 2.45) is 5.92 Å². The number of fused-ring (bicyclic) bond motifs is 1. The molecule has 3 heterocycles. The van der Waals surface area contributed by atoms with Crippen molar-refractivity contribution in [1.29, 1.82) is 0 Å². The molecule has 9 heteroatoms. The van der Waals surface area contributed by atoms with Gasteiger partial charge in [0, 0.05) is 46.7 Å². The standard InChI is InChI=1S/C34H38N4O4S/c1-19-7-5-8-20(2)28(19)18-43(42)25-12-13-29-26(15-25)27(33(40)37-29)16-30-21(3)31(22(4)35-30)34(41)38-14-6-9-23(17-38)32(39)36-24-10-11-24/h5,7-8,12-13,15-16,23-24,35H,6,9-11,14,17-18H2,1-4H3,(H,36,39)(H,37,40)/b27-16-/t23-,43?/m1/s1. The minimum Gasteiger partial charge on any atom is -0.358 e. The highest BCUT2D eigenvalue weighted by molar-refractivity contribution is 7.84. The van der Waals surface area contributed by atoms with E-state index < -0.39 is 10.8 Å². The summed E-state index contributed by atoms with van der Waals surface area (Å²) in [4.78, 5) is 45.2. The van der Waals surface area contributed by atoms with Crippen molar-refractivity contribution in [3.8, 4) is 0 Å². The molecule has 2 fully saturated rings. The first-order valence-corrected chi connectivity index (χ1v) is 16.3. The van der Waals surface area contributed by atoms with Gasteiger partial charge in [-0.1, -0.05) is 18.2 Å². The summed E-state index contributed by atoms with van der Waals surface area (Å²) in [5.41, 5.74) is 7.86. The van der Waals surface area contributed by atoms with E-state index in [9.17, 15) is 18.6 Å². The summed E-state index contributed by atoms with van der Waals surface area (Å²) in [6, 6.07) is 11.8. The van der Waals surface area contributed by atoms with Crippen LogP contribution in [0.25, 0.3) is 11.6 Å². The maximum Gasteiger partial charge on any atom is 0.256 e. The third-order valence-corrected chi connectivity index (χ3v) is 10.3.